The standard InChI is InChI=1S/C14H26N2O/c1-11(2)16(10-13-7-4-8-15-13)14(17)9-12-5-3-6-12/h11-13,15H,3-10H2,1-2H3. The number of nitrogens with zero attached hydrogens (tertiary/aromatic N) is 1. The summed E-state index contributed by atoms with van der Waals surface area (Å²) in [6, 6.07) is 0.868. The highest BCUT2D eigenvalue weighted by molar-refractivity contribution is 5.76. The molecule has 2 fully saturated rings. The van der Waals surface area contributed by atoms with Gasteiger partial charge < -0.3 is 10.2 Å². The molecule has 0 radical (unpaired) electrons. The Bertz CT molecular complexity index is 255. The van der Waals surface area contributed by atoms with Crippen LogP contribution in [0.3, 0.4) is 0 Å². The quantitative estimate of drug-likeness (QED) is 0.796. The molecule has 2 rings (SSSR count). The third kappa shape index (κ3) is 3.44. The topological polar surface area (TPSA) is 32.3 Å². The van der Waals surface area contributed by atoms with Gasteiger partial charge in [-0.2, -0.15) is 0 Å². The van der Waals surface area contributed by atoms with E-state index in [-0.39, 0.29) is 0 Å². The van der Waals surface area contributed by atoms with Crippen molar-refractivity contribution in [2.75, 3.05) is 13.1 Å². The van der Waals surface area contributed by atoms with Crippen LogP contribution in [0.4, 0.5) is 0 Å². The van der Waals surface area contributed by atoms with Crippen molar-refractivity contribution in [3.8, 4) is 0 Å². The summed E-state index contributed by atoms with van der Waals surface area (Å²) in [4.78, 5) is 14.4. The fourth-order valence-corrected chi connectivity index (χ4v) is 2.81. The first-order chi connectivity index (χ1) is 8.16. The zero-order valence-electron chi connectivity index (χ0n) is 11.2. The van der Waals surface area contributed by atoms with Gasteiger partial charge in [-0.25, -0.2) is 0 Å². The zero-order chi connectivity index (χ0) is 12.3. The predicted octanol–water partition coefficient (Wildman–Crippen LogP) is 2.17. The first-order valence-electron chi connectivity index (χ1n) is 7.19. The summed E-state index contributed by atoms with van der Waals surface area (Å²) in [5.74, 6) is 1.05. The highest BCUT2D eigenvalue weighted by Gasteiger charge is 2.27. The van der Waals surface area contributed by atoms with Crippen LogP contribution in [0, 0.1) is 5.92 Å². The normalized spacial score (nSPS) is 25.0. The van der Waals surface area contributed by atoms with Gasteiger partial charge in [0.1, 0.15) is 0 Å². The maximum Gasteiger partial charge on any atom is 0.223 e. The number of hydrogen-bond acceptors (Lipinski definition) is 2. The molecule has 3 nitrogen and oxygen atoms in total. The van der Waals surface area contributed by atoms with E-state index in [4.69, 9.17) is 0 Å². The van der Waals surface area contributed by atoms with E-state index in [1.807, 2.05) is 0 Å². The van der Waals surface area contributed by atoms with E-state index in [1.54, 1.807) is 0 Å². The van der Waals surface area contributed by atoms with Gasteiger partial charge in [0.2, 0.25) is 5.91 Å². The van der Waals surface area contributed by atoms with Crippen LogP contribution >= 0.6 is 0 Å². The maximum absolute atomic E-state index is 12.3. The van der Waals surface area contributed by atoms with Gasteiger partial charge in [-0.15, -0.1) is 0 Å². The Morgan fingerprint density at radius 1 is 1.29 bits per heavy atom. The molecular formula is C14H26N2O. The maximum atomic E-state index is 12.3. The summed E-state index contributed by atoms with van der Waals surface area (Å²) in [7, 11) is 0. The van der Waals surface area contributed by atoms with E-state index in [1.165, 1.54) is 32.1 Å². The van der Waals surface area contributed by atoms with Crippen molar-refractivity contribution in [3.05, 3.63) is 0 Å². The minimum Gasteiger partial charge on any atom is -0.339 e. The molecule has 98 valence electrons. The van der Waals surface area contributed by atoms with Crippen LogP contribution in [0.15, 0.2) is 0 Å². The first-order valence-corrected chi connectivity index (χ1v) is 7.19. The van der Waals surface area contributed by atoms with E-state index in [9.17, 15) is 4.79 Å². The molecule has 1 atom stereocenters. The number of hydrogen-bond donors (Lipinski definition) is 1. The van der Waals surface area contributed by atoms with Gasteiger partial charge in [-0.1, -0.05) is 6.42 Å². The van der Waals surface area contributed by atoms with Gasteiger partial charge >= 0.3 is 0 Å². The van der Waals surface area contributed by atoms with Gasteiger partial charge in [-0.05, 0) is 52.0 Å². The summed E-state index contributed by atoms with van der Waals surface area (Å²) in [6.45, 7) is 6.29. The number of carbonyl (C=O) groups is 1. The van der Waals surface area contributed by atoms with Crippen molar-refractivity contribution in [3.63, 3.8) is 0 Å². The molecule has 1 amide bonds. The monoisotopic (exact) mass is 238 g/mol. The molecule has 0 spiro atoms. The molecule has 2 aliphatic rings. The molecule has 0 aromatic heterocycles. The smallest absolute Gasteiger partial charge is 0.223 e. The highest BCUT2D eigenvalue weighted by Crippen LogP contribution is 2.30. The molecule has 1 unspecified atom stereocenters. The second-order valence-electron chi connectivity index (χ2n) is 5.93. The fourth-order valence-electron chi connectivity index (χ4n) is 2.81. The van der Waals surface area contributed by atoms with Crippen molar-refractivity contribution in [1.29, 1.82) is 0 Å². The van der Waals surface area contributed by atoms with E-state index >= 15 is 0 Å². The molecule has 1 aliphatic heterocycles. The first kappa shape index (κ1) is 12.9. The predicted molar refractivity (Wildman–Crippen MR) is 69.8 cm³/mol. The lowest BCUT2D eigenvalue weighted by Gasteiger charge is -2.33. The molecule has 1 saturated carbocycles. The average Bonchev–Trinajstić information content (AvgIpc) is 2.72. The highest BCUT2D eigenvalue weighted by atomic mass is 16.2. The Labute approximate surface area is 105 Å². The van der Waals surface area contributed by atoms with Crippen LogP contribution in [0.2, 0.25) is 0 Å². The Kier molecular flexibility index (Phi) is 4.43. The molecule has 1 heterocycles. The minimum atomic E-state index is 0.338. The lowest BCUT2D eigenvalue weighted by atomic mass is 9.82. The van der Waals surface area contributed by atoms with Crippen LogP contribution < -0.4 is 5.32 Å². The van der Waals surface area contributed by atoms with Gasteiger partial charge in [-0.3, -0.25) is 4.79 Å². The van der Waals surface area contributed by atoms with Crippen LogP contribution in [-0.2, 0) is 4.79 Å². The molecule has 0 aromatic carbocycles. The summed E-state index contributed by atoms with van der Waals surface area (Å²) in [5, 5.41) is 3.48. The summed E-state index contributed by atoms with van der Waals surface area (Å²) in [5.41, 5.74) is 0. The zero-order valence-corrected chi connectivity index (χ0v) is 11.2. The third-order valence-electron chi connectivity index (χ3n) is 4.21. The second-order valence-corrected chi connectivity index (χ2v) is 5.93. The van der Waals surface area contributed by atoms with Gasteiger partial charge in [0.15, 0.2) is 0 Å². The Morgan fingerprint density at radius 3 is 2.53 bits per heavy atom. The number of nitrogens with one attached hydrogen (secondary N) is 1. The molecule has 0 aromatic rings. The summed E-state index contributed by atoms with van der Waals surface area (Å²) >= 11 is 0. The second kappa shape index (κ2) is 5.85. The number of carbonyl (C=O) groups excluding carboxylic acids is 1. The molecule has 1 N–H and O–H groups in total. The fraction of sp³-hybridized carbons (Fsp3) is 0.929. The lowest BCUT2D eigenvalue weighted by Crippen LogP contribution is -2.45. The van der Waals surface area contributed by atoms with E-state index in [0.717, 1.165) is 19.5 Å². The third-order valence-corrected chi connectivity index (χ3v) is 4.21. The Hall–Kier alpha value is -0.570. The van der Waals surface area contributed by atoms with Crippen LogP contribution in [0.5, 0.6) is 0 Å². The Morgan fingerprint density at radius 2 is 2.06 bits per heavy atom. The summed E-state index contributed by atoms with van der Waals surface area (Å²) < 4.78 is 0. The Balaban J connectivity index is 1.83. The van der Waals surface area contributed by atoms with Gasteiger partial charge in [0, 0.05) is 25.0 Å². The number of amides is 1. The van der Waals surface area contributed by atoms with E-state index in [2.05, 4.69) is 24.1 Å². The lowest BCUT2D eigenvalue weighted by molar-refractivity contribution is -0.134. The molecule has 17 heavy (non-hydrogen) atoms. The van der Waals surface area contributed by atoms with Crippen molar-refractivity contribution < 1.29 is 4.79 Å². The van der Waals surface area contributed by atoms with Crippen molar-refractivity contribution in [2.45, 2.75) is 64.5 Å². The minimum absolute atomic E-state index is 0.338. The molecule has 1 aliphatic carbocycles. The van der Waals surface area contributed by atoms with Crippen LogP contribution in [0.25, 0.3) is 0 Å². The van der Waals surface area contributed by atoms with E-state index in [0.29, 0.717) is 23.9 Å². The van der Waals surface area contributed by atoms with Crippen molar-refractivity contribution in [1.82, 2.24) is 10.2 Å². The molecular weight excluding hydrogens is 212 g/mol. The SMILES string of the molecule is CC(C)N(CC1CCCN1)C(=O)CC1CCC1. The molecule has 3 heteroatoms. The van der Waals surface area contributed by atoms with Crippen molar-refractivity contribution in [2.24, 2.45) is 5.92 Å². The van der Waals surface area contributed by atoms with Crippen LogP contribution in [0.1, 0.15) is 52.4 Å². The van der Waals surface area contributed by atoms with Gasteiger partial charge in [0.25, 0.3) is 0 Å². The number of rotatable bonds is 5. The van der Waals surface area contributed by atoms with Gasteiger partial charge in [0.05, 0.1) is 0 Å². The average molecular weight is 238 g/mol. The molecule has 1 saturated heterocycles. The van der Waals surface area contributed by atoms with E-state index < -0.39 is 0 Å². The van der Waals surface area contributed by atoms with Crippen LogP contribution in [-0.4, -0.2) is 36.0 Å². The largest absolute Gasteiger partial charge is 0.339 e. The molecule has 0 bridgehead atoms. The van der Waals surface area contributed by atoms with Crippen molar-refractivity contribution >= 4 is 5.91 Å². The summed E-state index contributed by atoms with van der Waals surface area (Å²) in [6.07, 6.45) is 7.11.